The van der Waals surface area contributed by atoms with E-state index in [1.807, 2.05) is 41.2 Å². The van der Waals surface area contributed by atoms with Gasteiger partial charge in [0.25, 0.3) is 0 Å². The van der Waals surface area contributed by atoms with E-state index in [0.717, 1.165) is 24.8 Å². The van der Waals surface area contributed by atoms with Gasteiger partial charge in [0.05, 0.1) is 6.04 Å². The van der Waals surface area contributed by atoms with Crippen molar-refractivity contribution in [3.63, 3.8) is 0 Å². The molecule has 0 amide bonds. The third-order valence-corrected chi connectivity index (χ3v) is 4.31. The summed E-state index contributed by atoms with van der Waals surface area (Å²) in [6.07, 6.45) is 7.64. The monoisotopic (exact) mass is 318 g/mol. The predicted octanol–water partition coefficient (Wildman–Crippen LogP) is 3.81. The molecule has 3 rings (SSSR count). The van der Waals surface area contributed by atoms with Crippen molar-refractivity contribution in [2.24, 2.45) is 0 Å². The van der Waals surface area contributed by atoms with E-state index in [9.17, 15) is 4.79 Å². The van der Waals surface area contributed by atoms with Gasteiger partial charge >= 0.3 is 5.97 Å². The van der Waals surface area contributed by atoms with Gasteiger partial charge in [0.2, 0.25) is 0 Å². The predicted molar refractivity (Wildman–Crippen MR) is 84.8 cm³/mol. The lowest BCUT2D eigenvalue weighted by molar-refractivity contribution is -0.150. The fourth-order valence-corrected chi connectivity index (χ4v) is 3.20. The van der Waals surface area contributed by atoms with Gasteiger partial charge in [0.1, 0.15) is 6.10 Å². The molecule has 0 bridgehead atoms. The normalized spacial score (nSPS) is 21.0. The number of aromatic nitrogens is 2. The molecular weight excluding hydrogens is 300 g/mol. The summed E-state index contributed by atoms with van der Waals surface area (Å²) in [6.45, 7) is 0. The van der Waals surface area contributed by atoms with Crippen molar-refractivity contribution >= 4 is 17.6 Å². The molecule has 1 aliphatic rings. The Labute approximate surface area is 135 Å². The van der Waals surface area contributed by atoms with Crippen molar-refractivity contribution in [1.29, 1.82) is 0 Å². The molecule has 1 aromatic carbocycles. The number of ether oxygens (including phenoxy) is 1. The zero-order chi connectivity index (χ0) is 15.4. The second kappa shape index (κ2) is 6.97. The number of nitrogens with zero attached hydrogens (tertiary/aromatic N) is 2. The zero-order valence-corrected chi connectivity index (χ0v) is 13.1. The zero-order valence-electron chi connectivity index (χ0n) is 12.3. The number of hydrogen-bond acceptors (Lipinski definition) is 3. The van der Waals surface area contributed by atoms with Gasteiger partial charge < -0.3 is 4.74 Å². The van der Waals surface area contributed by atoms with Crippen LogP contribution in [0.5, 0.6) is 0 Å². The molecule has 0 spiro atoms. The highest BCUT2D eigenvalue weighted by atomic mass is 35.5. The summed E-state index contributed by atoms with van der Waals surface area (Å²) in [4.78, 5) is 12.1. The number of benzene rings is 1. The molecule has 1 saturated carbocycles. The SMILES string of the molecule is O=C(CCc1cccc(Cl)c1)O[C@@H]1CCC[C@H]1n1cccn1. The summed E-state index contributed by atoms with van der Waals surface area (Å²) in [5.74, 6) is -0.149. The van der Waals surface area contributed by atoms with Crippen LogP contribution in [0.2, 0.25) is 5.02 Å². The van der Waals surface area contributed by atoms with Crippen LogP contribution in [0.15, 0.2) is 42.7 Å². The molecule has 0 radical (unpaired) electrons. The van der Waals surface area contributed by atoms with Crippen LogP contribution >= 0.6 is 11.6 Å². The van der Waals surface area contributed by atoms with Crippen LogP contribution in [0.1, 0.15) is 37.3 Å². The Morgan fingerprint density at radius 2 is 2.27 bits per heavy atom. The quantitative estimate of drug-likeness (QED) is 0.787. The van der Waals surface area contributed by atoms with E-state index in [4.69, 9.17) is 16.3 Å². The molecule has 2 atom stereocenters. The Kier molecular flexibility index (Phi) is 4.78. The number of carbonyl (C=O) groups excluding carboxylic acids is 1. The van der Waals surface area contributed by atoms with Crippen molar-refractivity contribution in [3.8, 4) is 0 Å². The van der Waals surface area contributed by atoms with Gasteiger partial charge in [0.15, 0.2) is 0 Å². The van der Waals surface area contributed by atoms with E-state index in [1.54, 1.807) is 6.20 Å². The lowest BCUT2D eigenvalue weighted by atomic mass is 10.1. The Hall–Kier alpha value is -1.81. The molecule has 0 aliphatic heterocycles. The van der Waals surface area contributed by atoms with Gasteiger partial charge in [-0.05, 0) is 49.4 Å². The van der Waals surface area contributed by atoms with Crippen molar-refractivity contribution in [2.75, 3.05) is 0 Å². The maximum Gasteiger partial charge on any atom is 0.306 e. The molecule has 1 fully saturated rings. The summed E-state index contributed by atoms with van der Waals surface area (Å²) in [6, 6.07) is 9.66. The second-order valence-electron chi connectivity index (χ2n) is 5.64. The van der Waals surface area contributed by atoms with Gasteiger partial charge in [-0.3, -0.25) is 9.48 Å². The number of rotatable bonds is 5. The highest BCUT2D eigenvalue weighted by Crippen LogP contribution is 2.32. The average molecular weight is 319 g/mol. The van der Waals surface area contributed by atoms with E-state index in [2.05, 4.69) is 5.10 Å². The lowest BCUT2D eigenvalue weighted by Gasteiger charge is -2.20. The topological polar surface area (TPSA) is 44.1 Å². The van der Waals surface area contributed by atoms with Crippen LogP contribution in [0.25, 0.3) is 0 Å². The van der Waals surface area contributed by atoms with Gasteiger partial charge in [-0.25, -0.2) is 0 Å². The maximum atomic E-state index is 12.1. The molecule has 0 N–H and O–H groups in total. The van der Waals surface area contributed by atoms with Crippen molar-refractivity contribution in [2.45, 2.75) is 44.2 Å². The Morgan fingerprint density at radius 1 is 1.36 bits per heavy atom. The Balaban J connectivity index is 1.53. The minimum atomic E-state index is -0.149. The maximum absolute atomic E-state index is 12.1. The minimum Gasteiger partial charge on any atom is -0.460 e. The fourth-order valence-electron chi connectivity index (χ4n) is 2.99. The molecule has 22 heavy (non-hydrogen) atoms. The second-order valence-corrected chi connectivity index (χ2v) is 6.08. The first kappa shape index (κ1) is 15.1. The number of esters is 1. The van der Waals surface area contributed by atoms with Gasteiger partial charge in [-0.15, -0.1) is 0 Å². The minimum absolute atomic E-state index is 0.0632. The van der Waals surface area contributed by atoms with E-state index in [1.165, 1.54) is 0 Å². The lowest BCUT2D eigenvalue weighted by Crippen LogP contribution is -2.25. The number of hydrogen-bond donors (Lipinski definition) is 0. The molecule has 4 nitrogen and oxygen atoms in total. The summed E-state index contributed by atoms with van der Waals surface area (Å²) in [5.41, 5.74) is 1.06. The molecule has 116 valence electrons. The highest BCUT2D eigenvalue weighted by Gasteiger charge is 2.31. The molecular formula is C17H19ClN2O2. The Morgan fingerprint density at radius 3 is 3.05 bits per heavy atom. The van der Waals surface area contributed by atoms with Gasteiger partial charge in [0, 0.05) is 23.8 Å². The number of halogens is 1. The largest absolute Gasteiger partial charge is 0.460 e. The van der Waals surface area contributed by atoms with Crippen LogP contribution in [-0.2, 0) is 16.0 Å². The third kappa shape index (κ3) is 3.69. The molecule has 5 heteroatoms. The Bertz CT molecular complexity index is 627. The van der Waals surface area contributed by atoms with Crippen molar-refractivity contribution in [3.05, 3.63) is 53.3 Å². The first-order valence-corrected chi connectivity index (χ1v) is 8.03. The first-order valence-electron chi connectivity index (χ1n) is 7.65. The first-order chi connectivity index (χ1) is 10.7. The molecule has 0 unspecified atom stereocenters. The average Bonchev–Trinajstić information content (AvgIpc) is 3.16. The molecule has 1 heterocycles. The van der Waals surface area contributed by atoms with Crippen molar-refractivity contribution < 1.29 is 9.53 Å². The summed E-state index contributed by atoms with van der Waals surface area (Å²) in [5, 5.41) is 4.96. The summed E-state index contributed by atoms with van der Waals surface area (Å²) < 4.78 is 7.57. The van der Waals surface area contributed by atoms with Crippen LogP contribution in [0.4, 0.5) is 0 Å². The van der Waals surface area contributed by atoms with E-state index in [0.29, 0.717) is 17.9 Å². The standard InChI is InChI=1S/C17H19ClN2O2/c18-14-5-1-4-13(12-14)8-9-17(21)22-16-7-2-6-15(16)20-11-3-10-19-20/h1,3-5,10-12,15-16H,2,6-9H2/t15-,16-/m1/s1. The molecule has 1 aromatic heterocycles. The molecule has 1 aliphatic carbocycles. The van der Waals surface area contributed by atoms with Gasteiger partial charge in [-0.2, -0.15) is 5.10 Å². The third-order valence-electron chi connectivity index (χ3n) is 4.07. The van der Waals surface area contributed by atoms with Crippen LogP contribution in [-0.4, -0.2) is 21.9 Å². The summed E-state index contributed by atoms with van der Waals surface area (Å²) >= 11 is 5.95. The van der Waals surface area contributed by atoms with E-state index >= 15 is 0 Å². The fraction of sp³-hybridized carbons (Fsp3) is 0.412. The highest BCUT2D eigenvalue weighted by molar-refractivity contribution is 6.30. The summed E-state index contributed by atoms with van der Waals surface area (Å²) in [7, 11) is 0. The smallest absolute Gasteiger partial charge is 0.306 e. The van der Waals surface area contributed by atoms with Crippen LogP contribution in [0.3, 0.4) is 0 Å². The van der Waals surface area contributed by atoms with E-state index < -0.39 is 0 Å². The van der Waals surface area contributed by atoms with Gasteiger partial charge in [-0.1, -0.05) is 23.7 Å². The number of aryl methyl sites for hydroxylation is 1. The number of carbonyl (C=O) groups is 1. The van der Waals surface area contributed by atoms with Crippen LogP contribution < -0.4 is 0 Å². The molecule has 0 saturated heterocycles. The van der Waals surface area contributed by atoms with E-state index in [-0.39, 0.29) is 18.1 Å². The van der Waals surface area contributed by atoms with Crippen LogP contribution in [0, 0.1) is 0 Å². The molecule has 2 aromatic rings. The van der Waals surface area contributed by atoms with Crippen molar-refractivity contribution in [1.82, 2.24) is 9.78 Å².